The predicted octanol–water partition coefficient (Wildman–Crippen LogP) is 3.04. The minimum absolute atomic E-state index is 0.695. The fourth-order valence-corrected chi connectivity index (χ4v) is 1.21. The van der Waals surface area contributed by atoms with Crippen LogP contribution >= 0.6 is 0 Å². The maximum atomic E-state index is 5.08. The molecule has 0 atom stereocenters. The Kier molecular flexibility index (Phi) is 3.28. The Labute approximate surface area is 94.1 Å². The summed E-state index contributed by atoms with van der Waals surface area (Å²) in [6.07, 6.45) is 4.88. The molecule has 0 N–H and O–H groups in total. The maximum Gasteiger partial charge on any atom is 0.146 e. The van der Waals surface area contributed by atoms with E-state index in [-0.39, 0.29) is 0 Å². The molecular formula is C13H12N2O. The van der Waals surface area contributed by atoms with Gasteiger partial charge in [-0.25, -0.2) is 0 Å². The van der Waals surface area contributed by atoms with Crippen LogP contribution in [0.25, 0.3) is 0 Å². The summed E-state index contributed by atoms with van der Waals surface area (Å²) in [7, 11) is 0. The van der Waals surface area contributed by atoms with E-state index in [1.165, 1.54) is 5.56 Å². The van der Waals surface area contributed by atoms with Gasteiger partial charge in [-0.05, 0) is 24.6 Å². The fourth-order valence-electron chi connectivity index (χ4n) is 1.21. The van der Waals surface area contributed by atoms with E-state index >= 15 is 0 Å². The van der Waals surface area contributed by atoms with Gasteiger partial charge < -0.3 is 4.42 Å². The predicted molar refractivity (Wildman–Crippen MR) is 65.1 cm³/mol. The molecule has 0 spiro atoms. The van der Waals surface area contributed by atoms with E-state index < -0.39 is 0 Å². The minimum Gasteiger partial charge on any atom is -0.463 e. The summed E-state index contributed by atoms with van der Waals surface area (Å²) in [5.41, 5.74) is 2.26. The first-order chi connectivity index (χ1) is 7.84. The largest absolute Gasteiger partial charge is 0.463 e. The summed E-state index contributed by atoms with van der Waals surface area (Å²) >= 11 is 0. The number of rotatable bonds is 3. The highest BCUT2D eigenvalue weighted by Crippen LogP contribution is 2.00. The highest BCUT2D eigenvalue weighted by atomic mass is 16.3. The van der Waals surface area contributed by atoms with Gasteiger partial charge in [0.15, 0.2) is 0 Å². The number of hydrogen-bond acceptors (Lipinski definition) is 3. The zero-order valence-electron chi connectivity index (χ0n) is 9.00. The summed E-state index contributed by atoms with van der Waals surface area (Å²) in [5, 5.41) is 7.81. The lowest BCUT2D eigenvalue weighted by Crippen LogP contribution is -1.80. The van der Waals surface area contributed by atoms with Crippen LogP contribution in [-0.2, 0) is 0 Å². The van der Waals surface area contributed by atoms with Gasteiger partial charge in [0.1, 0.15) is 5.76 Å². The lowest BCUT2D eigenvalue weighted by molar-refractivity contribution is 0.560. The van der Waals surface area contributed by atoms with Gasteiger partial charge in [-0.3, -0.25) is 0 Å². The first-order valence-electron chi connectivity index (χ1n) is 5.01. The van der Waals surface area contributed by atoms with Crippen molar-refractivity contribution in [2.75, 3.05) is 0 Å². The fraction of sp³-hybridized carbons (Fsp3) is 0.0769. The van der Waals surface area contributed by atoms with Crippen LogP contribution in [0, 0.1) is 6.92 Å². The average molecular weight is 212 g/mol. The summed E-state index contributed by atoms with van der Waals surface area (Å²) in [6.45, 7) is 2.05. The second kappa shape index (κ2) is 5.07. The van der Waals surface area contributed by atoms with E-state index in [2.05, 4.69) is 17.1 Å². The molecule has 0 unspecified atom stereocenters. The summed E-state index contributed by atoms with van der Waals surface area (Å²) in [6, 6.07) is 11.7. The molecule has 0 saturated carbocycles. The molecule has 0 bridgehead atoms. The van der Waals surface area contributed by atoms with Crippen LogP contribution in [0.15, 0.2) is 57.3 Å². The van der Waals surface area contributed by atoms with Crippen molar-refractivity contribution in [3.63, 3.8) is 0 Å². The molecule has 16 heavy (non-hydrogen) atoms. The van der Waals surface area contributed by atoms with Gasteiger partial charge in [0.25, 0.3) is 0 Å². The normalized spacial score (nSPS) is 11.6. The summed E-state index contributed by atoms with van der Waals surface area (Å²) in [5.74, 6) is 0.695. The molecule has 0 aliphatic carbocycles. The number of nitrogens with zero attached hydrogens (tertiary/aromatic N) is 2. The first-order valence-corrected chi connectivity index (χ1v) is 5.01. The third-order valence-corrected chi connectivity index (χ3v) is 2.08. The zero-order chi connectivity index (χ0) is 11.2. The van der Waals surface area contributed by atoms with E-state index in [1.54, 1.807) is 18.7 Å². The van der Waals surface area contributed by atoms with Crippen molar-refractivity contribution < 1.29 is 4.42 Å². The Hall–Kier alpha value is -2.16. The van der Waals surface area contributed by atoms with Gasteiger partial charge in [0.2, 0.25) is 0 Å². The van der Waals surface area contributed by atoms with Gasteiger partial charge in [-0.2, -0.15) is 10.2 Å². The SMILES string of the molecule is Cc1ccc(/C=N/N=C/c2ccco2)cc1. The smallest absolute Gasteiger partial charge is 0.146 e. The molecule has 0 saturated heterocycles. The van der Waals surface area contributed by atoms with E-state index in [0.29, 0.717) is 5.76 Å². The highest BCUT2D eigenvalue weighted by molar-refractivity contribution is 5.81. The molecule has 3 nitrogen and oxygen atoms in total. The summed E-state index contributed by atoms with van der Waals surface area (Å²) in [4.78, 5) is 0. The standard InChI is InChI=1S/C13H12N2O/c1-11-4-6-12(7-5-11)9-14-15-10-13-3-2-8-16-13/h2-10H,1H3/b14-9+,15-10+. The van der Waals surface area contributed by atoms with Crippen LogP contribution < -0.4 is 0 Å². The Bertz CT molecular complexity index is 481. The Morgan fingerprint density at radius 2 is 1.75 bits per heavy atom. The van der Waals surface area contributed by atoms with E-state index in [9.17, 15) is 0 Å². The average Bonchev–Trinajstić information content (AvgIpc) is 2.80. The molecule has 0 fully saturated rings. The van der Waals surface area contributed by atoms with Gasteiger partial charge in [0, 0.05) is 0 Å². The third-order valence-electron chi connectivity index (χ3n) is 2.08. The molecule has 0 radical (unpaired) electrons. The molecule has 0 amide bonds. The van der Waals surface area contributed by atoms with E-state index in [1.807, 2.05) is 36.4 Å². The van der Waals surface area contributed by atoms with Crippen molar-refractivity contribution in [2.24, 2.45) is 10.2 Å². The number of furan rings is 1. The van der Waals surface area contributed by atoms with Crippen molar-refractivity contribution in [3.05, 3.63) is 59.5 Å². The van der Waals surface area contributed by atoms with Crippen LogP contribution in [0.3, 0.4) is 0 Å². The number of benzene rings is 1. The van der Waals surface area contributed by atoms with E-state index in [4.69, 9.17) is 4.42 Å². The van der Waals surface area contributed by atoms with Crippen molar-refractivity contribution >= 4 is 12.4 Å². The maximum absolute atomic E-state index is 5.08. The molecule has 0 aliphatic heterocycles. The molecule has 0 aliphatic rings. The van der Waals surface area contributed by atoms with Crippen LogP contribution in [0.4, 0.5) is 0 Å². The minimum atomic E-state index is 0.695. The van der Waals surface area contributed by atoms with Gasteiger partial charge >= 0.3 is 0 Å². The Morgan fingerprint density at radius 1 is 1.00 bits per heavy atom. The second-order valence-corrected chi connectivity index (χ2v) is 3.42. The zero-order valence-corrected chi connectivity index (χ0v) is 9.00. The quantitative estimate of drug-likeness (QED) is 0.569. The van der Waals surface area contributed by atoms with Gasteiger partial charge in [-0.1, -0.05) is 29.8 Å². The van der Waals surface area contributed by atoms with Crippen molar-refractivity contribution in [2.45, 2.75) is 6.92 Å². The van der Waals surface area contributed by atoms with E-state index in [0.717, 1.165) is 5.56 Å². The van der Waals surface area contributed by atoms with Crippen LogP contribution in [0.1, 0.15) is 16.9 Å². The molecule has 2 aromatic rings. The Morgan fingerprint density at radius 3 is 2.44 bits per heavy atom. The first kappa shape index (κ1) is 10.4. The van der Waals surface area contributed by atoms with Gasteiger partial charge in [-0.15, -0.1) is 0 Å². The third kappa shape index (κ3) is 2.92. The summed E-state index contributed by atoms with van der Waals surface area (Å²) < 4.78 is 5.08. The monoisotopic (exact) mass is 212 g/mol. The lowest BCUT2D eigenvalue weighted by Gasteiger charge is -1.91. The topological polar surface area (TPSA) is 37.9 Å². The molecule has 80 valence electrons. The lowest BCUT2D eigenvalue weighted by atomic mass is 10.2. The molecule has 1 heterocycles. The molecule has 1 aromatic carbocycles. The molecule has 1 aromatic heterocycles. The second-order valence-electron chi connectivity index (χ2n) is 3.42. The van der Waals surface area contributed by atoms with Crippen molar-refractivity contribution in [3.8, 4) is 0 Å². The number of hydrogen-bond donors (Lipinski definition) is 0. The van der Waals surface area contributed by atoms with Crippen LogP contribution in [0.5, 0.6) is 0 Å². The van der Waals surface area contributed by atoms with Crippen LogP contribution in [-0.4, -0.2) is 12.4 Å². The Balaban J connectivity index is 1.97. The molecular weight excluding hydrogens is 200 g/mol. The highest BCUT2D eigenvalue weighted by Gasteiger charge is 1.87. The number of aryl methyl sites for hydroxylation is 1. The van der Waals surface area contributed by atoms with Crippen molar-refractivity contribution in [1.29, 1.82) is 0 Å². The van der Waals surface area contributed by atoms with Gasteiger partial charge in [0.05, 0.1) is 18.7 Å². The van der Waals surface area contributed by atoms with Crippen LogP contribution in [0.2, 0.25) is 0 Å². The molecule has 2 rings (SSSR count). The van der Waals surface area contributed by atoms with Crippen molar-refractivity contribution in [1.82, 2.24) is 0 Å². The molecule has 3 heteroatoms.